The van der Waals surface area contributed by atoms with E-state index in [-0.39, 0.29) is 16.9 Å². The zero-order chi connectivity index (χ0) is 23.3. The second-order valence-electron chi connectivity index (χ2n) is 6.74. The van der Waals surface area contributed by atoms with Crippen LogP contribution in [0.3, 0.4) is 0 Å². The molecule has 2 aromatic carbocycles. The number of alkyl halides is 3. The van der Waals surface area contributed by atoms with E-state index in [1.54, 1.807) is 29.6 Å². The molecule has 32 heavy (non-hydrogen) atoms. The predicted molar refractivity (Wildman–Crippen MR) is 116 cm³/mol. The van der Waals surface area contributed by atoms with Gasteiger partial charge in [0.25, 0.3) is 11.8 Å². The summed E-state index contributed by atoms with van der Waals surface area (Å²) in [5.74, 6) is -1.66. The van der Waals surface area contributed by atoms with Crippen LogP contribution in [0.1, 0.15) is 32.5 Å². The van der Waals surface area contributed by atoms with Gasteiger partial charge in [-0.1, -0.05) is 24.3 Å². The molecule has 166 valence electrons. The molecule has 3 aromatic rings. The van der Waals surface area contributed by atoms with Crippen molar-refractivity contribution in [2.45, 2.75) is 19.1 Å². The molecule has 10 heteroatoms. The van der Waals surface area contributed by atoms with Crippen LogP contribution in [0.2, 0.25) is 0 Å². The molecule has 1 heterocycles. The second kappa shape index (κ2) is 9.65. The predicted octanol–water partition coefficient (Wildman–Crippen LogP) is 4.78. The van der Waals surface area contributed by atoms with Gasteiger partial charge in [0.1, 0.15) is 6.04 Å². The first-order valence-corrected chi connectivity index (χ1v) is 10.3. The Labute approximate surface area is 185 Å². The Morgan fingerprint density at radius 2 is 1.66 bits per heavy atom. The smallest absolute Gasteiger partial charge is 0.340 e. The summed E-state index contributed by atoms with van der Waals surface area (Å²) in [5, 5.41) is 9.28. The highest BCUT2D eigenvalue weighted by atomic mass is 32.1. The van der Waals surface area contributed by atoms with Crippen molar-refractivity contribution in [2.75, 3.05) is 10.6 Å². The number of benzene rings is 2. The van der Waals surface area contributed by atoms with Gasteiger partial charge in [0.2, 0.25) is 5.91 Å². The van der Waals surface area contributed by atoms with Gasteiger partial charge in [0, 0.05) is 5.69 Å². The first-order valence-electron chi connectivity index (χ1n) is 9.38. The van der Waals surface area contributed by atoms with E-state index in [9.17, 15) is 27.6 Å². The van der Waals surface area contributed by atoms with Crippen LogP contribution in [-0.2, 0) is 11.0 Å². The maximum absolute atomic E-state index is 12.9. The summed E-state index contributed by atoms with van der Waals surface area (Å²) in [5.41, 5.74) is -0.732. The minimum Gasteiger partial charge on any atom is -0.340 e. The van der Waals surface area contributed by atoms with Gasteiger partial charge in [-0.05, 0) is 48.7 Å². The number of halogens is 3. The molecule has 0 saturated heterocycles. The maximum atomic E-state index is 12.9. The summed E-state index contributed by atoms with van der Waals surface area (Å²) >= 11 is 1.23. The Hall–Kier alpha value is -3.66. The highest BCUT2D eigenvalue weighted by Crippen LogP contribution is 2.31. The van der Waals surface area contributed by atoms with Crippen LogP contribution in [0, 0.1) is 0 Å². The van der Waals surface area contributed by atoms with E-state index in [0.29, 0.717) is 4.88 Å². The molecule has 0 aliphatic rings. The van der Waals surface area contributed by atoms with E-state index in [2.05, 4.69) is 16.0 Å². The van der Waals surface area contributed by atoms with Crippen LogP contribution in [0.5, 0.6) is 0 Å². The SMILES string of the molecule is CC(NC(=O)c1cccs1)C(=O)Nc1ccccc1C(=O)Nc1cccc(C(F)(F)F)c1. The molecule has 0 saturated carbocycles. The number of para-hydroxylation sites is 1. The minimum atomic E-state index is -4.55. The van der Waals surface area contributed by atoms with Crippen LogP contribution >= 0.6 is 11.3 Å². The van der Waals surface area contributed by atoms with Gasteiger partial charge in [-0.3, -0.25) is 14.4 Å². The van der Waals surface area contributed by atoms with Gasteiger partial charge < -0.3 is 16.0 Å². The zero-order valence-corrected chi connectivity index (χ0v) is 17.5. The van der Waals surface area contributed by atoms with Gasteiger partial charge in [-0.15, -0.1) is 11.3 Å². The second-order valence-corrected chi connectivity index (χ2v) is 7.69. The van der Waals surface area contributed by atoms with E-state index in [1.807, 2.05) is 0 Å². The van der Waals surface area contributed by atoms with E-state index in [0.717, 1.165) is 12.1 Å². The Morgan fingerprint density at radius 1 is 0.906 bits per heavy atom. The van der Waals surface area contributed by atoms with Crippen molar-refractivity contribution >= 4 is 40.4 Å². The zero-order valence-electron chi connectivity index (χ0n) is 16.7. The molecule has 1 unspecified atom stereocenters. The summed E-state index contributed by atoms with van der Waals surface area (Å²) in [4.78, 5) is 37.8. The van der Waals surface area contributed by atoms with E-state index < -0.39 is 35.5 Å². The lowest BCUT2D eigenvalue weighted by atomic mass is 10.1. The summed E-state index contributed by atoms with van der Waals surface area (Å²) in [6.45, 7) is 1.49. The average Bonchev–Trinajstić information content (AvgIpc) is 3.28. The van der Waals surface area contributed by atoms with Crippen LogP contribution in [0.4, 0.5) is 24.5 Å². The largest absolute Gasteiger partial charge is 0.416 e. The Bertz CT molecular complexity index is 1130. The number of anilines is 2. The standard InChI is InChI=1S/C22H18F3N3O3S/c1-13(26-21(31)18-10-5-11-32-18)19(29)28-17-9-3-2-8-16(17)20(30)27-15-7-4-6-14(12-15)22(23,24)25/h2-13H,1H3,(H,26,31)(H,27,30)(H,28,29). The lowest BCUT2D eigenvalue weighted by Gasteiger charge is -2.16. The summed E-state index contributed by atoms with van der Waals surface area (Å²) < 4.78 is 38.7. The first-order chi connectivity index (χ1) is 15.1. The average molecular weight is 461 g/mol. The van der Waals surface area contributed by atoms with Gasteiger partial charge in [0.05, 0.1) is 21.7 Å². The molecule has 0 bridgehead atoms. The van der Waals surface area contributed by atoms with Crippen LogP contribution in [0.15, 0.2) is 66.0 Å². The van der Waals surface area contributed by atoms with Crippen LogP contribution in [-0.4, -0.2) is 23.8 Å². The fraction of sp³-hybridized carbons (Fsp3) is 0.136. The number of amides is 3. The molecule has 3 N–H and O–H groups in total. The van der Waals surface area contributed by atoms with Crippen molar-refractivity contribution < 1.29 is 27.6 Å². The van der Waals surface area contributed by atoms with Gasteiger partial charge in [-0.2, -0.15) is 13.2 Å². The van der Waals surface area contributed by atoms with E-state index in [1.165, 1.54) is 42.5 Å². The van der Waals surface area contributed by atoms with Gasteiger partial charge in [0.15, 0.2) is 0 Å². The van der Waals surface area contributed by atoms with E-state index in [4.69, 9.17) is 0 Å². The first kappa shape index (κ1) is 23.0. The number of hydrogen-bond acceptors (Lipinski definition) is 4. The normalized spacial score (nSPS) is 12.0. The molecule has 1 atom stereocenters. The molecule has 0 fully saturated rings. The molecular weight excluding hydrogens is 443 g/mol. The van der Waals surface area contributed by atoms with Crippen molar-refractivity contribution in [1.29, 1.82) is 0 Å². The highest BCUT2D eigenvalue weighted by molar-refractivity contribution is 7.12. The number of carbonyl (C=O) groups is 3. The van der Waals surface area contributed by atoms with Crippen LogP contribution in [0.25, 0.3) is 0 Å². The Balaban J connectivity index is 1.70. The molecule has 3 amide bonds. The van der Waals surface area contributed by atoms with Crippen molar-refractivity contribution in [3.63, 3.8) is 0 Å². The molecule has 0 spiro atoms. The number of rotatable bonds is 6. The lowest BCUT2D eigenvalue weighted by Crippen LogP contribution is -2.41. The fourth-order valence-corrected chi connectivity index (χ4v) is 3.37. The molecule has 0 aliphatic carbocycles. The third-order valence-electron chi connectivity index (χ3n) is 4.36. The van der Waals surface area contributed by atoms with E-state index >= 15 is 0 Å². The fourth-order valence-electron chi connectivity index (χ4n) is 2.74. The van der Waals surface area contributed by atoms with Crippen molar-refractivity contribution in [1.82, 2.24) is 5.32 Å². The molecule has 0 aliphatic heterocycles. The summed E-state index contributed by atoms with van der Waals surface area (Å²) in [7, 11) is 0. The minimum absolute atomic E-state index is 0.0393. The number of thiophene rings is 1. The summed E-state index contributed by atoms with van der Waals surface area (Å²) in [6.07, 6.45) is -4.55. The topological polar surface area (TPSA) is 87.3 Å². The molecule has 0 radical (unpaired) electrons. The molecule has 3 rings (SSSR count). The lowest BCUT2D eigenvalue weighted by molar-refractivity contribution is -0.137. The highest BCUT2D eigenvalue weighted by Gasteiger charge is 2.30. The third-order valence-corrected chi connectivity index (χ3v) is 5.23. The quantitative estimate of drug-likeness (QED) is 0.494. The Kier molecular flexibility index (Phi) is 6.94. The Morgan fingerprint density at radius 3 is 2.34 bits per heavy atom. The number of carbonyl (C=O) groups excluding carboxylic acids is 3. The van der Waals surface area contributed by atoms with Crippen molar-refractivity contribution in [2.24, 2.45) is 0 Å². The van der Waals surface area contributed by atoms with Crippen molar-refractivity contribution in [3.05, 3.63) is 82.0 Å². The number of hydrogen-bond donors (Lipinski definition) is 3. The molecule has 1 aromatic heterocycles. The maximum Gasteiger partial charge on any atom is 0.416 e. The molecular formula is C22H18F3N3O3S. The van der Waals surface area contributed by atoms with Gasteiger partial charge >= 0.3 is 6.18 Å². The van der Waals surface area contributed by atoms with Crippen LogP contribution < -0.4 is 16.0 Å². The monoisotopic (exact) mass is 461 g/mol. The van der Waals surface area contributed by atoms with Crippen molar-refractivity contribution in [3.8, 4) is 0 Å². The molecule has 6 nitrogen and oxygen atoms in total. The number of nitrogens with one attached hydrogen (secondary N) is 3. The van der Waals surface area contributed by atoms with Gasteiger partial charge in [-0.25, -0.2) is 0 Å². The third kappa shape index (κ3) is 5.73. The summed E-state index contributed by atoms with van der Waals surface area (Å²) in [6, 6.07) is 12.7.